The van der Waals surface area contributed by atoms with Crippen molar-refractivity contribution in [2.75, 3.05) is 21.3 Å². The van der Waals surface area contributed by atoms with Gasteiger partial charge in [0, 0.05) is 0 Å². The second kappa shape index (κ2) is 7.46. The van der Waals surface area contributed by atoms with E-state index in [4.69, 9.17) is 23.7 Å². The van der Waals surface area contributed by atoms with Crippen LogP contribution in [0.15, 0.2) is 48.5 Å². The van der Waals surface area contributed by atoms with Crippen molar-refractivity contribution >= 4 is 17.7 Å². The van der Waals surface area contributed by atoms with E-state index in [1.165, 1.54) is 7.11 Å². The topological polar surface area (TPSA) is 97.4 Å². The molecule has 0 aromatic heterocycles. The van der Waals surface area contributed by atoms with E-state index in [9.17, 15) is 14.4 Å². The number of rotatable bonds is 4. The molecule has 0 unspecified atom stereocenters. The van der Waals surface area contributed by atoms with Crippen LogP contribution in [0, 0.1) is 11.3 Å². The predicted octanol–water partition coefficient (Wildman–Crippen LogP) is 2.32. The van der Waals surface area contributed by atoms with Crippen LogP contribution in [0.25, 0.3) is 0 Å². The molecule has 1 fully saturated rings. The second-order valence-electron chi connectivity index (χ2n) is 6.97. The Morgan fingerprint density at radius 1 is 0.933 bits per heavy atom. The van der Waals surface area contributed by atoms with Gasteiger partial charge >= 0.3 is 11.9 Å². The molecule has 3 atom stereocenters. The number of carbonyl (C=O) groups is 3. The van der Waals surface area contributed by atoms with Gasteiger partial charge in [-0.15, -0.1) is 0 Å². The zero-order valence-electron chi connectivity index (χ0n) is 16.6. The van der Waals surface area contributed by atoms with E-state index in [-0.39, 0.29) is 5.56 Å². The molecule has 0 N–H and O–H groups in total. The van der Waals surface area contributed by atoms with Gasteiger partial charge in [0.1, 0.15) is 23.5 Å². The molecule has 1 saturated heterocycles. The largest absolute Gasteiger partial charge is 0.497 e. The average Bonchev–Trinajstić information content (AvgIpc) is 3.14. The third kappa shape index (κ3) is 2.68. The highest BCUT2D eigenvalue weighted by molar-refractivity contribution is 6.11. The molecule has 30 heavy (non-hydrogen) atoms. The molecule has 2 heterocycles. The zero-order valence-corrected chi connectivity index (χ0v) is 16.6. The minimum Gasteiger partial charge on any atom is -0.497 e. The van der Waals surface area contributed by atoms with Gasteiger partial charge in [-0.3, -0.25) is 14.4 Å². The van der Waals surface area contributed by atoms with Gasteiger partial charge in [-0.1, -0.05) is 24.3 Å². The highest BCUT2D eigenvalue weighted by Crippen LogP contribution is 2.57. The van der Waals surface area contributed by atoms with E-state index in [1.54, 1.807) is 48.5 Å². The molecule has 0 aliphatic carbocycles. The zero-order chi connectivity index (χ0) is 21.5. The monoisotopic (exact) mass is 412 g/mol. The van der Waals surface area contributed by atoms with Crippen molar-refractivity contribution in [2.24, 2.45) is 11.3 Å². The first-order chi connectivity index (χ1) is 14.5. The number of esters is 2. The quantitative estimate of drug-likeness (QED) is 0.558. The summed E-state index contributed by atoms with van der Waals surface area (Å²) in [6.45, 7) is 0. The van der Waals surface area contributed by atoms with E-state index in [2.05, 4.69) is 0 Å². The van der Waals surface area contributed by atoms with Crippen LogP contribution in [0.3, 0.4) is 0 Å². The summed E-state index contributed by atoms with van der Waals surface area (Å²) in [5.41, 5.74) is -1.34. The first kappa shape index (κ1) is 19.9. The fourth-order valence-corrected chi connectivity index (χ4v) is 4.20. The maximum absolute atomic E-state index is 13.4. The van der Waals surface area contributed by atoms with Crippen molar-refractivity contribution in [1.82, 2.24) is 0 Å². The van der Waals surface area contributed by atoms with E-state index >= 15 is 0 Å². The van der Waals surface area contributed by atoms with Gasteiger partial charge in [0.2, 0.25) is 11.7 Å². The van der Waals surface area contributed by atoms with Crippen LogP contribution in [0.1, 0.15) is 22.0 Å². The molecule has 8 heteroatoms. The summed E-state index contributed by atoms with van der Waals surface area (Å²) in [6.07, 6.45) is -2.34. The molecule has 4 rings (SSSR count). The Bertz CT molecular complexity index is 980. The molecule has 0 saturated carbocycles. The molecule has 2 aromatic rings. The first-order valence-electron chi connectivity index (χ1n) is 9.25. The van der Waals surface area contributed by atoms with Gasteiger partial charge in [-0.05, 0) is 29.8 Å². The van der Waals surface area contributed by atoms with Gasteiger partial charge in [0.25, 0.3) is 0 Å². The van der Waals surface area contributed by atoms with Crippen LogP contribution in [0.5, 0.6) is 11.5 Å². The summed E-state index contributed by atoms with van der Waals surface area (Å²) in [5.74, 6) is -2.69. The molecule has 156 valence electrons. The molecular formula is C22H20O8. The van der Waals surface area contributed by atoms with Crippen LogP contribution in [-0.4, -0.2) is 45.3 Å². The maximum atomic E-state index is 13.4. The Kier molecular flexibility index (Phi) is 4.95. The molecule has 0 radical (unpaired) electrons. The third-order valence-electron chi connectivity index (χ3n) is 5.59. The molecule has 2 aliphatic rings. The lowest BCUT2D eigenvalue weighted by Crippen LogP contribution is -2.53. The molecule has 2 aromatic carbocycles. The van der Waals surface area contributed by atoms with Crippen LogP contribution >= 0.6 is 0 Å². The van der Waals surface area contributed by atoms with Crippen molar-refractivity contribution in [3.63, 3.8) is 0 Å². The average molecular weight is 412 g/mol. The Hall–Kier alpha value is -3.39. The van der Waals surface area contributed by atoms with Crippen molar-refractivity contribution in [3.05, 3.63) is 59.7 Å². The van der Waals surface area contributed by atoms with Crippen LogP contribution in [0.4, 0.5) is 0 Å². The number of carbonyl (C=O) groups excluding carboxylic acids is 3. The maximum Gasteiger partial charge on any atom is 0.327 e. The van der Waals surface area contributed by atoms with E-state index in [0.29, 0.717) is 17.1 Å². The van der Waals surface area contributed by atoms with E-state index in [1.807, 2.05) is 0 Å². The number of Topliss-reactive ketones (excluding diaryl/α,β-unsaturated/α-hetero) is 1. The lowest BCUT2D eigenvalue weighted by atomic mass is 9.67. The minimum atomic E-state index is -2.08. The van der Waals surface area contributed by atoms with Gasteiger partial charge in [-0.2, -0.15) is 0 Å². The highest BCUT2D eigenvalue weighted by Gasteiger charge is 2.72. The second-order valence-corrected chi connectivity index (χ2v) is 6.97. The van der Waals surface area contributed by atoms with Crippen LogP contribution in [0.2, 0.25) is 0 Å². The standard InChI is InChI=1S/C22H20O8/c1-26-13-10-8-12(9-11-13)18-22(20(24)27-2,21(25)28-3)16-17(23)14-6-4-5-7-15(14)29-19(16)30-18/h4-11,16,18-19H,1-3H3/t16-,18+,19+/m1/s1. The smallest absolute Gasteiger partial charge is 0.327 e. The summed E-state index contributed by atoms with van der Waals surface area (Å²) in [5, 5.41) is 0. The minimum absolute atomic E-state index is 0.259. The summed E-state index contributed by atoms with van der Waals surface area (Å²) >= 11 is 0. The number of methoxy groups -OCH3 is 3. The molecular weight excluding hydrogens is 392 g/mol. The third-order valence-corrected chi connectivity index (χ3v) is 5.59. The van der Waals surface area contributed by atoms with Crippen LogP contribution < -0.4 is 9.47 Å². The lowest BCUT2D eigenvalue weighted by Gasteiger charge is -2.34. The van der Waals surface area contributed by atoms with Gasteiger partial charge in [-0.25, -0.2) is 0 Å². The van der Waals surface area contributed by atoms with Crippen LogP contribution in [-0.2, 0) is 23.8 Å². The molecule has 8 nitrogen and oxygen atoms in total. The molecule has 2 aliphatic heterocycles. The van der Waals surface area contributed by atoms with Gasteiger partial charge < -0.3 is 23.7 Å². The number of ketones is 1. The fourth-order valence-electron chi connectivity index (χ4n) is 4.20. The normalized spacial score (nSPS) is 23.6. The Labute approximate surface area is 172 Å². The highest BCUT2D eigenvalue weighted by atomic mass is 16.7. The summed E-state index contributed by atoms with van der Waals surface area (Å²) in [7, 11) is 3.81. The molecule has 0 spiro atoms. The van der Waals surface area contributed by atoms with E-state index < -0.39 is 41.4 Å². The Balaban J connectivity index is 1.92. The summed E-state index contributed by atoms with van der Waals surface area (Å²) < 4.78 is 27.1. The SMILES string of the molecule is COC(=O)C1(C(=O)OC)[C@@H]2C(=O)c3ccccc3O[C@H]2O[C@H]1c1ccc(OC)cc1. The summed E-state index contributed by atoms with van der Waals surface area (Å²) in [4.78, 5) is 39.7. The Morgan fingerprint density at radius 2 is 1.57 bits per heavy atom. The summed E-state index contributed by atoms with van der Waals surface area (Å²) in [6, 6.07) is 13.2. The van der Waals surface area contributed by atoms with Crippen molar-refractivity contribution in [2.45, 2.75) is 12.4 Å². The number of benzene rings is 2. The number of hydrogen-bond donors (Lipinski definition) is 0. The van der Waals surface area contributed by atoms with E-state index in [0.717, 1.165) is 14.2 Å². The van der Waals surface area contributed by atoms with Gasteiger partial charge in [0.05, 0.1) is 26.9 Å². The van der Waals surface area contributed by atoms with Gasteiger partial charge in [0.15, 0.2) is 5.78 Å². The number of hydrogen-bond acceptors (Lipinski definition) is 8. The number of para-hydroxylation sites is 1. The number of fused-ring (bicyclic) bond motifs is 2. The van der Waals surface area contributed by atoms with Crippen molar-refractivity contribution < 1.29 is 38.1 Å². The molecule has 0 amide bonds. The predicted molar refractivity (Wildman–Crippen MR) is 102 cm³/mol. The molecule has 0 bridgehead atoms. The number of ether oxygens (including phenoxy) is 5. The van der Waals surface area contributed by atoms with Crippen molar-refractivity contribution in [1.29, 1.82) is 0 Å². The first-order valence-corrected chi connectivity index (χ1v) is 9.25. The lowest BCUT2D eigenvalue weighted by molar-refractivity contribution is -0.175. The Morgan fingerprint density at radius 3 is 2.17 bits per heavy atom. The van der Waals surface area contributed by atoms with Crippen molar-refractivity contribution in [3.8, 4) is 11.5 Å². The fraction of sp³-hybridized carbons (Fsp3) is 0.318.